The number of thiazole rings is 1. The van der Waals surface area contributed by atoms with Gasteiger partial charge in [0, 0.05) is 13.2 Å². The predicted molar refractivity (Wildman–Crippen MR) is 68.6 cm³/mol. The standard InChI is InChI=1S/C11H18ClNO3S/c1-4-15-10(16-5-2)7-14-6-9-11(12)17-8(3)13-9/h10H,4-7H2,1-3H3. The van der Waals surface area contributed by atoms with Gasteiger partial charge in [0.05, 0.1) is 23.9 Å². The molecule has 0 atom stereocenters. The van der Waals surface area contributed by atoms with Gasteiger partial charge in [0.15, 0.2) is 6.29 Å². The minimum absolute atomic E-state index is 0.316. The molecule has 0 aliphatic carbocycles. The molecule has 0 saturated carbocycles. The van der Waals surface area contributed by atoms with Crippen LogP contribution in [-0.4, -0.2) is 31.1 Å². The Labute approximate surface area is 111 Å². The lowest BCUT2D eigenvalue weighted by atomic mass is 10.5. The van der Waals surface area contributed by atoms with Gasteiger partial charge in [0.25, 0.3) is 0 Å². The van der Waals surface area contributed by atoms with Crippen LogP contribution in [0.1, 0.15) is 24.5 Å². The van der Waals surface area contributed by atoms with Crippen molar-refractivity contribution in [2.24, 2.45) is 0 Å². The molecule has 1 heterocycles. The molecule has 4 nitrogen and oxygen atoms in total. The fraction of sp³-hybridized carbons (Fsp3) is 0.727. The van der Waals surface area contributed by atoms with E-state index in [1.165, 1.54) is 11.3 Å². The summed E-state index contributed by atoms with van der Waals surface area (Å²) in [6.45, 7) is 7.74. The van der Waals surface area contributed by atoms with Gasteiger partial charge in [-0.25, -0.2) is 4.98 Å². The van der Waals surface area contributed by atoms with Crippen LogP contribution >= 0.6 is 22.9 Å². The summed E-state index contributed by atoms with van der Waals surface area (Å²) in [5, 5.41) is 0.944. The van der Waals surface area contributed by atoms with Crippen molar-refractivity contribution in [1.82, 2.24) is 4.98 Å². The topological polar surface area (TPSA) is 40.6 Å². The smallest absolute Gasteiger partial charge is 0.180 e. The van der Waals surface area contributed by atoms with Crippen LogP contribution in [0, 0.1) is 6.92 Å². The average molecular weight is 280 g/mol. The lowest BCUT2D eigenvalue weighted by molar-refractivity contribution is -0.169. The number of aromatic nitrogens is 1. The Morgan fingerprint density at radius 1 is 1.29 bits per heavy atom. The first kappa shape index (κ1) is 14.9. The SMILES string of the molecule is CCOC(COCc1nc(C)sc1Cl)OCC. The second-order valence-electron chi connectivity index (χ2n) is 3.31. The van der Waals surface area contributed by atoms with Crippen molar-refractivity contribution in [3.8, 4) is 0 Å². The molecule has 0 N–H and O–H groups in total. The van der Waals surface area contributed by atoms with Gasteiger partial charge in [-0.15, -0.1) is 11.3 Å². The van der Waals surface area contributed by atoms with Crippen molar-refractivity contribution in [2.75, 3.05) is 19.8 Å². The highest BCUT2D eigenvalue weighted by Crippen LogP contribution is 2.24. The predicted octanol–water partition coefficient (Wildman–Crippen LogP) is 3.02. The summed E-state index contributed by atoms with van der Waals surface area (Å²) in [5.41, 5.74) is 0.779. The highest BCUT2D eigenvalue weighted by atomic mass is 35.5. The molecule has 0 aliphatic heterocycles. The lowest BCUT2D eigenvalue weighted by Gasteiger charge is -2.16. The van der Waals surface area contributed by atoms with Gasteiger partial charge in [-0.1, -0.05) is 11.6 Å². The molecule has 0 fully saturated rings. The Kier molecular flexibility index (Phi) is 6.99. The maximum Gasteiger partial charge on any atom is 0.180 e. The maximum atomic E-state index is 6.00. The van der Waals surface area contributed by atoms with Crippen molar-refractivity contribution in [3.05, 3.63) is 15.0 Å². The number of hydrogen-bond acceptors (Lipinski definition) is 5. The first-order valence-corrected chi connectivity index (χ1v) is 6.79. The van der Waals surface area contributed by atoms with E-state index in [-0.39, 0.29) is 6.29 Å². The van der Waals surface area contributed by atoms with Gasteiger partial charge in [-0.2, -0.15) is 0 Å². The third-order valence-corrected chi connectivity index (χ3v) is 3.21. The number of rotatable bonds is 8. The first-order valence-electron chi connectivity index (χ1n) is 5.60. The number of aryl methyl sites for hydroxylation is 1. The van der Waals surface area contributed by atoms with Crippen molar-refractivity contribution < 1.29 is 14.2 Å². The molecule has 0 unspecified atom stereocenters. The van der Waals surface area contributed by atoms with E-state index in [1.807, 2.05) is 20.8 Å². The van der Waals surface area contributed by atoms with Gasteiger partial charge in [0.1, 0.15) is 4.34 Å². The second kappa shape index (κ2) is 8.00. The monoisotopic (exact) mass is 279 g/mol. The van der Waals surface area contributed by atoms with Crippen LogP contribution in [0.2, 0.25) is 4.34 Å². The second-order valence-corrected chi connectivity index (χ2v) is 5.11. The van der Waals surface area contributed by atoms with E-state index < -0.39 is 0 Å². The molecule has 1 aromatic rings. The number of hydrogen-bond donors (Lipinski definition) is 0. The van der Waals surface area contributed by atoms with E-state index >= 15 is 0 Å². The van der Waals surface area contributed by atoms with E-state index in [1.54, 1.807) is 0 Å². The summed E-state index contributed by atoms with van der Waals surface area (Å²) >= 11 is 7.46. The van der Waals surface area contributed by atoms with Crippen LogP contribution in [0.5, 0.6) is 0 Å². The largest absolute Gasteiger partial charge is 0.370 e. The Hall–Kier alpha value is -0.200. The highest BCUT2D eigenvalue weighted by Gasteiger charge is 2.10. The molecule has 0 aliphatic rings. The summed E-state index contributed by atoms with van der Waals surface area (Å²) in [5.74, 6) is 0. The minimum atomic E-state index is -0.316. The van der Waals surface area contributed by atoms with Crippen LogP contribution in [0.4, 0.5) is 0 Å². The van der Waals surface area contributed by atoms with Crippen LogP contribution in [0.15, 0.2) is 0 Å². The van der Waals surface area contributed by atoms with Crippen LogP contribution in [0.3, 0.4) is 0 Å². The maximum absolute atomic E-state index is 6.00. The number of ether oxygens (including phenoxy) is 3. The quantitative estimate of drug-likeness (QED) is 0.686. The van der Waals surface area contributed by atoms with E-state index in [4.69, 9.17) is 25.8 Å². The summed E-state index contributed by atoms with van der Waals surface area (Å²) < 4.78 is 16.9. The zero-order valence-electron chi connectivity index (χ0n) is 10.4. The van der Waals surface area contributed by atoms with Gasteiger partial charge < -0.3 is 14.2 Å². The zero-order valence-corrected chi connectivity index (χ0v) is 11.9. The van der Waals surface area contributed by atoms with Crippen LogP contribution in [-0.2, 0) is 20.8 Å². The fourth-order valence-electron chi connectivity index (χ4n) is 1.30. The zero-order chi connectivity index (χ0) is 12.7. The molecular weight excluding hydrogens is 262 g/mol. The van der Waals surface area contributed by atoms with Crippen LogP contribution < -0.4 is 0 Å². The Balaban J connectivity index is 2.32. The summed E-state index contributed by atoms with van der Waals surface area (Å²) in [4.78, 5) is 4.28. The van der Waals surface area contributed by atoms with Crippen LogP contribution in [0.25, 0.3) is 0 Å². The fourth-order valence-corrected chi connectivity index (χ4v) is 2.37. The average Bonchev–Trinajstić information content (AvgIpc) is 2.58. The van der Waals surface area contributed by atoms with Gasteiger partial charge in [-0.3, -0.25) is 0 Å². The molecule has 6 heteroatoms. The highest BCUT2D eigenvalue weighted by molar-refractivity contribution is 7.15. The lowest BCUT2D eigenvalue weighted by Crippen LogP contribution is -2.23. The Morgan fingerprint density at radius 3 is 2.41 bits per heavy atom. The van der Waals surface area contributed by atoms with Crippen molar-refractivity contribution in [1.29, 1.82) is 0 Å². The molecule has 98 valence electrons. The minimum Gasteiger partial charge on any atom is -0.370 e. The molecule has 1 rings (SSSR count). The van der Waals surface area contributed by atoms with Gasteiger partial charge in [0.2, 0.25) is 0 Å². The number of halogens is 1. The Morgan fingerprint density at radius 2 is 1.94 bits per heavy atom. The van der Waals surface area contributed by atoms with E-state index in [9.17, 15) is 0 Å². The molecule has 0 saturated heterocycles. The molecule has 0 aromatic carbocycles. The van der Waals surface area contributed by atoms with Crippen molar-refractivity contribution >= 4 is 22.9 Å². The van der Waals surface area contributed by atoms with E-state index in [0.717, 1.165) is 10.7 Å². The number of nitrogens with zero attached hydrogens (tertiary/aromatic N) is 1. The molecule has 0 radical (unpaired) electrons. The normalized spacial score (nSPS) is 11.4. The third kappa shape index (κ3) is 5.31. The Bertz CT molecular complexity index is 327. The molecule has 0 bridgehead atoms. The molecule has 17 heavy (non-hydrogen) atoms. The van der Waals surface area contributed by atoms with E-state index in [2.05, 4.69) is 4.98 Å². The van der Waals surface area contributed by atoms with Crippen molar-refractivity contribution in [2.45, 2.75) is 33.7 Å². The third-order valence-electron chi connectivity index (χ3n) is 1.95. The molecule has 0 amide bonds. The van der Waals surface area contributed by atoms with Crippen molar-refractivity contribution in [3.63, 3.8) is 0 Å². The summed E-state index contributed by atoms with van der Waals surface area (Å²) in [7, 11) is 0. The molecule has 1 aromatic heterocycles. The first-order chi connectivity index (χ1) is 8.17. The molecule has 0 spiro atoms. The van der Waals surface area contributed by atoms with Gasteiger partial charge >= 0.3 is 0 Å². The molecular formula is C11H18ClNO3S. The summed E-state index contributed by atoms with van der Waals surface area (Å²) in [6, 6.07) is 0. The van der Waals surface area contributed by atoms with Gasteiger partial charge in [-0.05, 0) is 20.8 Å². The summed E-state index contributed by atoms with van der Waals surface area (Å²) in [6.07, 6.45) is -0.316. The van der Waals surface area contributed by atoms with E-state index in [0.29, 0.717) is 30.8 Å².